The zero-order chi connectivity index (χ0) is 23.7. The summed E-state index contributed by atoms with van der Waals surface area (Å²) in [6.07, 6.45) is 0. The molecule has 0 radical (unpaired) electrons. The number of methoxy groups -OCH3 is 2. The highest BCUT2D eigenvalue weighted by molar-refractivity contribution is 6.46. The third kappa shape index (κ3) is 3.91. The second kappa shape index (κ2) is 8.74. The minimum atomic E-state index is -1.17. The number of benzene rings is 3. The second-order valence-electron chi connectivity index (χ2n) is 7.32. The van der Waals surface area contributed by atoms with Gasteiger partial charge in [-0.05, 0) is 42.8 Å². The van der Waals surface area contributed by atoms with Gasteiger partial charge in [0.2, 0.25) is 0 Å². The van der Waals surface area contributed by atoms with Gasteiger partial charge in [-0.3, -0.25) is 9.59 Å². The van der Waals surface area contributed by atoms with E-state index in [1.807, 2.05) is 13.0 Å². The molecule has 0 unspecified atom stereocenters. The Hall–Kier alpha value is -4.20. The van der Waals surface area contributed by atoms with E-state index in [0.29, 0.717) is 22.7 Å². The van der Waals surface area contributed by atoms with Crippen LogP contribution < -0.4 is 19.7 Å². The highest BCUT2D eigenvalue weighted by Crippen LogP contribution is 2.39. The highest BCUT2D eigenvalue weighted by Gasteiger charge is 2.41. The molecule has 3 aromatic rings. The standard InChI is InChI=1S/C25H20F2N2O4/c1-14-8-11-21(33-3)19(12-14)28-23-22(16-6-4-5-7-20(16)32-2)24(30)29(25(23)31)15-9-10-17(26)18(27)13-15/h4-13,28H,1-3H3. The van der Waals surface area contributed by atoms with Crippen molar-refractivity contribution in [2.24, 2.45) is 0 Å². The van der Waals surface area contributed by atoms with Gasteiger partial charge in [-0.25, -0.2) is 13.7 Å². The Morgan fingerprint density at radius 3 is 2.24 bits per heavy atom. The molecule has 8 heteroatoms. The Bertz CT molecular complexity index is 1300. The Morgan fingerprint density at radius 1 is 0.818 bits per heavy atom. The van der Waals surface area contributed by atoms with E-state index in [2.05, 4.69) is 5.32 Å². The third-order valence-electron chi connectivity index (χ3n) is 5.24. The molecule has 33 heavy (non-hydrogen) atoms. The number of nitrogens with one attached hydrogen (secondary N) is 1. The second-order valence-corrected chi connectivity index (χ2v) is 7.32. The summed E-state index contributed by atoms with van der Waals surface area (Å²) in [5.74, 6) is -2.86. The van der Waals surface area contributed by atoms with Crippen LogP contribution in [0.2, 0.25) is 0 Å². The monoisotopic (exact) mass is 450 g/mol. The Morgan fingerprint density at radius 2 is 1.55 bits per heavy atom. The fourth-order valence-corrected chi connectivity index (χ4v) is 3.66. The number of imide groups is 1. The summed E-state index contributed by atoms with van der Waals surface area (Å²) in [7, 11) is 2.94. The Labute approximate surface area is 189 Å². The van der Waals surface area contributed by atoms with Crippen molar-refractivity contribution in [3.8, 4) is 11.5 Å². The molecule has 0 fully saturated rings. The van der Waals surface area contributed by atoms with Gasteiger partial charge in [0.1, 0.15) is 17.2 Å². The van der Waals surface area contributed by atoms with Crippen molar-refractivity contribution >= 4 is 28.8 Å². The van der Waals surface area contributed by atoms with Crippen LogP contribution in [-0.4, -0.2) is 26.0 Å². The van der Waals surface area contributed by atoms with Crippen LogP contribution in [0.1, 0.15) is 11.1 Å². The number of carbonyl (C=O) groups is 2. The van der Waals surface area contributed by atoms with Crippen molar-refractivity contribution in [1.29, 1.82) is 0 Å². The summed E-state index contributed by atoms with van der Waals surface area (Å²) in [6, 6.07) is 14.9. The summed E-state index contributed by atoms with van der Waals surface area (Å²) in [6.45, 7) is 1.87. The summed E-state index contributed by atoms with van der Waals surface area (Å²) in [4.78, 5) is 27.8. The molecule has 0 aromatic heterocycles. The number of anilines is 2. The van der Waals surface area contributed by atoms with Crippen LogP contribution in [-0.2, 0) is 9.59 Å². The van der Waals surface area contributed by atoms with Crippen LogP contribution in [0.4, 0.5) is 20.2 Å². The molecule has 0 spiro atoms. The van der Waals surface area contributed by atoms with Crippen LogP contribution in [0.25, 0.3) is 5.57 Å². The molecule has 0 bridgehead atoms. The number of hydrogen-bond acceptors (Lipinski definition) is 5. The molecule has 1 aliphatic heterocycles. The quantitative estimate of drug-likeness (QED) is 0.552. The van der Waals surface area contributed by atoms with Gasteiger partial charge in [-0.2, -0.15) is 0 Å². The van der Waals surface area contributed by atoms with Crippen molar-refractivity contribution in [3.05, 3.63) is 89.1 Å². The van der Waals surface area contributed by atoms with E-state index < -0.39 is 23.4 Å². The lowest BCUT2D eigenvalue weighted by Gasteiger charge is -2.16. The van der Waals surface area contributed by atoms with Crippen molar-refractivity contribution in [1.82, 2.24) is 0 Å². The van der Waals surface area contributed by atoms with E-state index in [9.17, 15) is 18.4 Å². The number of hydrogen-bond donors (Lipinski definition) is 1. The van der Waals surface area contributed by atoms with E-state index in [1.165, 1.54) is 20.3 Å². The zero-order valence-corrected chi connectivity index (χ0v) is 18.1. The SMILES string of the molecule is COc1ccc(C)cc1NC1=C(c2ccccc2OC)C(=O)N(c2ccc(F)c(F)c2)C1=O. The molecule has 6 nitrogen and oxygen atoms in total. The van der Waals surface area contributed by atoms with Gasteiger partial charge in [0.15, 0.2) is 11.6 Å². The van der Waals surface area contributed by atoms with E-state index >= 15 is 0 Å². The van der Waals surface area contributed by atoms with Crippen LogP contribution >= 0.6 is 0 Å². The maximum atomic E-state index is 13.9. The lowest BCUT2D eigenvalue weighted by molar-refractivity contribution is -0.120. The highest BCUT2D eigenvalue weighted by atomic mass is 19.2. The van der Waals surface area contributed by atoms with E-state index in [4.69, 9.17) is 9.47 Å². The molecular formula is C25H20F2N2O4. The molecule has 2 amide bonds. The smallest absolute Gasteiger partial charge is 0.282 e. The van der Waals surface area contributed by atoms with Gasteiger partial charge in [0.25, 0.3) is 11.8 Å². The van der Waals surface area contributed by atoms with Gasteiger partial charge in [0, 0.05) is 11.6 Å². The van der Waals surface area contributed by atoms with Crippen molar-refractivity contribution in [3.63, 3.8) is 0 Å². The first-order chi connectivity index (χ1) is 15.8. The number of nitrogens with zero attached hydrogens (tertiary/aromatic N) is 1. The minimum absolute atomic E-state index is 0.0331. The number of para-hydroxylation sites is 1. The number of ether oxygens (including phenoxy) is 2. The first-order valence-electron chi connectivity index (χ1n) is 9.99. The van der Waals surface area contributed by atoms with Crippen molar-refractivity contribution < 1.29 is 27.8 Å². The molecule has 0 atom stereocenters. The van der Waals surface area contributed by atoms with Gasteiger partial charge < -0.3 is 14.8 Å². The molecule has 0 saturated carbocycles. The summed E-state index contributed by atoms with van der Waals surface area (Å²) in [5.41, 5.74) is 1.63. The van der Waals surface area contributed by atoms with Gasteiger partial charge in [0.05, 0.1) is 31.2 Å². The number of amides is 2. The van der Waals surface area contributed by atoms with E-state index in [0.717, 1.165) is 22.6 Å². The normalized spacial score (nSPS) is 13.5. The predicted molar refractivity (Wildman–Crippen MR) is 120 cm³/mol. The molecular weight excluding hydrogens is 430 g/mol. The molecule has 4 rings (SSSR count). The number of carbonyl (C=O) groups excluding carboxylic acids is 2. The zero-order valence-electron chi connectivity index (χ0n) is 18.1. The average Bonchev–Trinajstić information content (AvgIpc) is 3.05. The topological polar surface area (TPSA) is 67.9 Å². The largest absolute Gasteiger partial charge is 0.496 e. The molecule has 1 N–H and O–H groups in total. The molecule has 0 saturated heterocycles. The number of rotatable bonds is 6. The van der Waals surface area contributed by atoms with E-state index in [1.54, 1.807) is 36.4 Å². The van der Waals surface area contributed by atoms with Crippen molar-refractivity contribution in [2.45, 2.75) is 6.92 Å². The van der Waals surface area contributed by atoms with Crippen LogP contribution in [0.3, 0.4) is 0 Å². The molecule has 168 valence electrons. The summed E-state index contributed by atoms with van der Waals surface area (Å²) < 4.78 is 38.2. The first-order valence-corrected chi connectivity index (χ1v) is 9.99. The van der Waals surface area contributed by atoms with Crippen molar-refractivity contribution in [2.75, 3.05) is 24.4 Å². The van der Waals surface area contributed by atoms with Crippen LogP contribution in [0, 0.1) is 18.6 Å². The molecule has 3 aromatic carbocycles. The van der Waals surface area contributed by atoms with Crippen LogP contribution in [0.15, 0.2) is 66.4 Å². The summed E-state index contributed by atoms with van der Waals surface area (Å²) >= 11 is 0. The Kier molecular flexibility index (Phi) is 5.83. The number of aryl methyl sites for hydroxylation is 1. The first kappa shape index (κ1) is 22.0. The predicted octanol–water partition coefficient (Wildman–Crippen LogP) is 4.69. The molecule has 0 aliphatic carbocycles. The van der Waals surface area contributed by atoms with E-state index in [-0.39, 0.29) is 17.0 Å². The maximum absolute atomic E-state index is 13.9. The van der Waals surface area contributed by atoms with Gasteiger partial charge in [-0.15, -0.1) is 0 Å². The summed E-state index contributed by atoms with van der Waals surface area (Å²) in [5, 5.41) is 3.03. The maximum Gasteiger partial charge on any atom is 0.282 e. The third-order valence-corrected chi connectivity index (χ3v) is 5.24. The lowest BCUT2D eigenvalue weighted by atomic mass is 10.0. The fourth-order valence-electron chi connectivity index (χ4n) is 3.66. The average molecular weight is 450 g/mol. The van der Waals surface area contributed by atoms with Gasteiger partial charge >= 0.3 is 0 Å². The number of halogens is 2. The minimum Gasteiger partial charge on any atom is -0.496 e. The lowest BCUT2D eigenvalue weighted by Crippen LogP contribution is -2.32. The molecule has 1 aliphatic rings. The molecule has 1 heterocycles. The van der Waals surface area contributed by atoms with Crippen LogP contribution in [0.5, 0.6) is 11.5 Å². The Balaban J connectivity index is 1.90. The fraction of sp³-hybridized carbons (Fsp3) is 0.120. The van der Waals surface area contributed by atoms with Gasteiger partial charge in [-0.1, -0.05) is 24.3 Å².